The van der Waals surface area contributed by atoms with E-state index in [0.717, 1.165) is 18.8 Å². The van der Waals surface area contributed by atoms with Gasteiger partial charge in [0.05, 0.1) is 12.6 Å². The van der Waals surface area contributed by atoms with Crippen LogP contribution in [-0.4, -0.2) is 19.5 Å². The summed E-state index contributed by atoms with van der Waals surface area (Å²) in [7, 11) is 1.74. The highest BCUT2D eigenvalue weighted by molar-refractivity contribution is 7.98. The lowest BCUT2D eigenvalue weighted by Gasteiger charge is -2.11. The van der Waals surface area contributed by atoms with Crippen LogP contribution in [0.4, 0.5) is 0 Å². The number of ether oxygens (including phenoxy) is 1. The predicted octanol–water partition coefficient (Wildman–Crippen LogP) is 3.77. The van der Waals surface area contributed by atoms with Crippen LogP contribution in [0.1, 0.15) is 32.5 Å². The molecule has 0 saturated heterocycles. The van der Waals surface area contributed by atoms with E-state index in [4.69, 9.17) is 10.5 Å². The summed E-state index contributed by atoms with van der Waals surface area (Å²) in [6.07, 6.45) is 2.16. The zero-order valence-corrected chi connectivity index (χ0v) is 13.9. The average Bonchev–Trinajstić information content (AvgIpc) is 2.96. The highest BCUT2D eigenvalue weighted by atomic mass is 32.2. The normalized spacial score (nSPS) is 15.7. The second kappa shape index (κ2) is 6.97. The summed E-state index contributed by atoms with van der Waals surface area (Å²) < 4.78 is 5.11. The molecule has 2 N–H and O–H groups in total. The van der Waals surface area contributed by atoms with Gasteiger partial charge in [-0.25, -0.2) is 0 Å². The minimum Gasteiger partial charge on any atom is -0.384 e. The van der Waals surface area contributed by atoms with Gasteiger partial charge in [-0.2, -0.15) is 11.8 Å². The number of benzene rings is 1. The number of thioether (sulfide) groups is 1. The third kappa shape index (κ3) is 3.51. The second-order valence-corrected chi connectivity index (χ2v) is 7.64. The van der Waals surface area contributed by atoms with Gasteiger partial charge in [0.2, 0.25) is 0 Å². The first-order valence-electron chi connectivity index (χ1n) is 7.30. The van der Waals surface area contributed by atoms with E-state index in [1.807, 2.05) is 23.1 Å². The summed E-state index contributed by atoms with van der Waals surface area (Å²) in [4.78, 5) is 2.84. The molecule has 1 aliphatic rings. The minimum absolute atomic E-state index is 0.00192. The molecule has 0 fully saturated rings. The van der Waals surface area contributed by atoms with Crippen molar-refractivity contribution < 1.29 is 4.74 Å². The van der Waals surface area contributed by atoms with Gasteiger partial charge in [-0.05, 0) is 41.4 Å². The van der Waals surface area contributed by atoms with Crippen molar-refractivity contribution in [3.05, 3.63) is 56.8 Å². The number of aryl methyl sites for hydroxylation is 1. The van der Waals surface area contributed by atoms with Crippen LogP contribution in [0.2, 0.25) is 0 Å². The standard InChI is InChI=1S/C17H21NOS2/c1-19-8-6-12-2-4-13(5-3-12)17(18)16-10-14-11-20-9-7-15(14)21-16/h2-5,10,17H,6-9,11,18H2,1H3. The van der Waals surface area contributed by atoms with Crippen LogP contribution >= 0.6 is 23.1 Å². The molecule has 2 nitrogen and oxygen atoms in total. The number of hydrogen-bond donors (Lipinski definition) is 1. The molecule has 4 heteroatoms. The molecular weight excluding hydrogens is 298 g/mol. The van der Waals surface area contributed by atoms with Crippen molar-refractivity contribution in [1.82, 2.24) is 0 Å². The van der Waals surface area contributed by atoms with Crippen molar-refractivity contribution >= 4 is 23.1 Å². The Labute approximate surface area is 134 Å². The Kier molecular flexibility index (Phi) is 5.01. The van der Waals surface area contributed by atoms with E-state index in [0.29, 0.717) is 0 Å². The zero-order chi connectivity index (χ0) is 14.7. The number of methoxy groups -OCH3 is 1. The third-order valence-electron chi connectivity index (χ3n) is 3.89. The molecule has 1 aromatic heterocycles. The quantitative estimate of drug-likeness (QED) is 0.911. The molecule has 1 atom stereocenters. The van der Waals surface area contributed by atoms with Gasteiger partial charge >= 0.3 is 0 Å². The number of hydrogen-bond acceptors (Lipinski definition) is 4. The first-order valence-corrected chi connectivity index (χ1v) is 9.27. The lowest BCUT2D eigenvalue weighted by molar-refractivity contribution is 0.202. The Morgan fingerprint density at radius 1 is 1.29 bits per heavy atom. The lowest BCUT2D eigenvalue weighted by atomic mass is 10.0. The van der Waals surface area contributed by atoms with Gasteiger partial charge in [-0.3, -0.25) is 0 Å². The maximum Gasteiger partial charge on any atom is 0.0646 e. The molecule has 0 saturated carbocycles. The van der Waals surface area contributed by atoms with E-state index in [2.05, 4.69) is 30.3 Å². The van der Waals surface area contributed by atoms with Crippen LogP contribution in [0.15, 0.2) is 30.3 Å². The van der Waals surface area contributed by atoms with Gasteiger partial charge < -0.3 is 10.5 Å². The lowest BCUT2D eigenvalue weighted by Crippen LogP contribution is -2.10. The van der Waals surface area contributed by atoms with E-state index in [1.54, 1.807) is 7.11 Å². The van der Waals surface area contributed by atoms with Crippen molar-refractivity contribution in [2.75, 3.05) is 19.5 Å². The van der Waals surface area contributed by atoms with Crippen molar-refractivity contribution in [3.63, 3.8) is 0 Å². The van der Waals surface area contributed by atoms with Crippen molar-refractivity contribution in [2.24, 2.45) is 5.73 Å². The number of rotatable bonds is 5. The van der Waals surface area contributed by atoms with Gasteiger partial charge in [0.15, 0.2) is 0 Å². The van der Waals surface area contributed by atoms with Gasteiger partial charge in [0, 0.05) is 22.6 Å². The van der Waals surface area contributed by atoms with Crippen LogP contribution in [-0.2, 0) is 23.3 Å². The molecule has 3 rings (SSSR count). The summed E-state index contributed by atoms with van der Waals surface area (Å²) in [6.45, 7) is 0.765. The SMILES string of the molecule is COCCc1ccc(C(N)c2cc3c(s2)CCSC3)cc1. The fraction of sp³-hybridized carbons (Fsp3) is 0.412. The molecule has 0 aliphatic carbocycles. The number of nitrogens with two attached hydrogens (primary N) is 1. The fourth-order valence-corrected chi connectivity index (χ4v) is 5.01. The molecule has 21 heavy (non-hydrogen) atoms. The monoisotopic (exact) mass is 319 g/mol. The van der Waals surface area contributed by atoms with Crippen molar-refractivity contribution in [2.45, 2.75) is 24.6 Å². The van der Waals surface area contributed by atoms with Crippen molar-refractivity contribution in [3.8, 4) is 0 Å². The van der Waals surface area contributed by atoms with Gasteiger partial charge in [-0.15, -0.1) is 11.3 Å². The molecular formula is C17H21NOS2. The van der Waals surface area contributed by atoms with Crippen LogP contribution in [0.5, 0.6) is 0 Å². The molecule has 0 spiro atoms. The highest BCUT2D eigenvalue weighted by Gasteiger charge is 2.18. The molecule has 0 amide bonds. The summed E-state index contributed by atoms with van der Waals surface area (Å²) in [5.74, 6) is 2.39. The predicted molar refractivity (Wildman–Crippen MR) is 92.2 cm³/mol. The van der Waals surface area contributed by atoms with Crippen LogP contribution in [0.3, 0.4) is 0 Å². The third-order valence-corrected chi connectivity index (χ3v) is 6.22. The van der Waals surface area contributed by atoms with E-state index in [1.165, 1.54) is 38.6 Å². The van der Waals surface area contributed by atoms with Crippen LogP contribution in [0.25, 0.3) is 0 Å². The van der Waals surface area contributed by atoms with E-state index >= 15 is 0 Å². The van der Waals surface area contributed by atoms with Crippen LogP contribution < -0.4 is 5.73 Å². The smallest absolute Gasteiger partial charge is 0.0646 e. The first kappa shape index (κ1) is 15.1. The fourth-order valence-electron chi connectivity index (χ4n) is 2.60. The van der Waals surface area contributed by atoms with Gasteiger partial charge in [0.1, 0.15) is 0 Å². The molecule has 1 aliphatic heterocycles. The molecule has 0 radical (unpaired) electrons. The Morgan fingerprint density at radius 2 is 2.10 bits per heavy atom. The van der Waals surface area contributed by atoms with E-state index in [9.17, 15) is 0 Å². The Balaban J connectivity index is 1.75. The largest absolute Gasteiger partial charge is 0.384 e. The van der Waals surface area contributed by atoms with Gasteiger partial charge in [0.25, 0.3) is 0 Å². The van der Waals surface area contributed by atoms with Crippen molar-refractivity contribution in [1.29, 1.82) is 0 Å². The molecule has 2 heterocycles. The number of fused-ring (bicyclic) bond motifs is 1. The Bertz CT molecular complexity index is 568. The second-order valence-electron chi connectivity index (χ2n) is 5.36. The summed E-state index contributed by atoms with van der Waals surface area (Å²) in [5, 5.41) is 0. The topological polar surface area (TPSA) is 35.2 Å². The van der Waals surface area contributed by atoms with E-state index in [-0.39, 0.29) is 6.04 Å². The summed E-state index contributed by atoms with van der Waals surface area (Å²) in [5.41, 5.74) is 10.5. The Hall–Kier alpha value is -0.810. The number of thiophene rings is 1. The molecule has 0 bridgehead atoms. The molecule has 2 aromatic rings. The minimum atomic E-state index is 0.00192. The molecule has 1 aromatic carbocycles. The molecule has 1 unspecified atom stereocenters. The van der Waals surface area contributed by atoms with E-state index < -0.39 is 0 Å². The highest BCUT2D eigenvalue weighted by Crippen LogP contribution is 2.35. The first-order chi connectivity index (χ1) is 10.3. The zero-order valence-electron chi connectivity index (χ0n) is 12.3. The van der Waals surface area contributed by atoms with Gasteiger partial charge in [-0.1, -0.05) is 24.3 Å². The summed E-state index contributed by atoms with van der Waals surface area (Å²) in [6, 6.07) is 11.0. The maximum atomic E-state index is 6.46. The summed E-state index contributed by atoms with van der Waals surface area (Å²) >= 11 is 3.92. The Morgan fingerprint density at radius 3 is 2.81 bits per heavy atom. The average molecular weight is 319 g/mol. The molecule has 112 valence electrons. The van der Waals surface area contributed by atoms with Crippen LogP contribution in [0, 0.1) is 0 Å². The maximum absolute atomic E-state index is 6.46.